The van der Waals surface area contributed by atoms with Crippen LogP contribution in [-0.2, 0) is 0 Å². The van der Waals surface area contributed by atoms with E-state index >= 15 is 0 Å². The monoisotopic (exact) mass is 283 g/mol. The zero-order valence-electron chi connectivity index (χ0n) is 8.30. The first-order chi connectivity index (χ1) is 7.70. The summed E-state index contributed by atoms with van der Waals surface area (Å²) in [6, 6.07) is 7.47. The summed E-state index contributed by atoms with van der Waals surface area (Å²) >= 11 is 3.34. The molecule has 0 bridgehead atoms. The lowest BCUT2D eigenvalue weighted by Gasteiger charge is -1.98. The highest BCUT2D eigenvalue weighted by atomic mass is 79.9. The van der Waals surface area contributed by atoms with Gasteiger partial charge in [-0.1, -0.05) is 21.1 Å². The van der Waals surface area contributed by atoms with Crippen molar-refractivity contribution in [2.75, 3.05) is 6.54 Å². The molecule has 1 aromatic heterocycles. The van der Waals surface area contributed by atoms with Crippen molar-refractivity contribution in [1.82, 2.24) is 10.1 Å². The normalized spacial score (nSPS) is 12.7. The first-order valence-electron chi connectivity index (χ1n) is 4.68. The standard InChI is InChI=1S/C10H10BrN3O2/c11-7-3-1-6(2-4-7)9-13-10(16-14-9)8(15)5-12/h1-4,8,15H,5,12H2/t8-/m0/s1. The fraction of sp³-hybridized carbons (Fsp3) is 0.200. The smallest absolute Gasteiger partial charge is 0.257 e. The number of benzene rings is 1. The molecule has 2 rings (SSSR count). The molecule has 0 unspecified atom stereocenters. The highest BCUT2D eigenvalue weighted by Crippen LogP contribution is 2.20. The van der Waals surface area contributed by atoms with E-state index in [1.165, 1.54) is 0 Å². The molecule has 1 atom stereocenters. The molecule has 3 N–H and O–H groups in total. The molecule has 0 amide bonds. The number of nitrogens with two attached hydrogens (primary N) is 1. The lowest BCUT2D eigenvalue weighted by molar-refractivity contribution is 0.141. The summed E-state index contributed by atoms with van der Waals surface area (Å²) in [6.45, 7) is 0.0575. The van der Waals surface area contributed by atoms with E-state index in [9.17, 15) is 5.11 Å². The Labute approximate surface area is 100 Å². The van der Waals surface area contributed by atoms with E-state index in [1.807, 2.05) is 24.3 Å². The number of hydrogen-bond donors (Lipinski definition) is 2. The molecule has 0 saturated carbocycles. The number of halogens is 1. The van der Waals surface area contributed by atoms with Crippen molar-refractivity contribution in [3.63, 3.8) is 0 Å². The fourth-order valence-corrected chi connectivity index (χ4v) is 1.45. The van der Waals surface area contributed by atoms with Crippen LogP contribution in [0.25, 0.3) is 11.4 Å². The van der Waals surface area contributed by atoms with Gasteiger partial charge in [0.05, 0.1) is 0 Å². The van der Waals surface area contributed by atoms with Crippen LogP contribution in [0.15, 0.2) is 33.3 Å². The first kappa shape index (κ1) is 11.3. The summed E-state index contributed by atoms with van der Waals surface area (Å²) in [5.41, 5.74) is 6.11. The van der Waals surface area contributed by atoms with Crippen LogP contribution in [0.5, 0.6) is 0 Å². The summed E-state index contributed by atoms with van der Waals surface area (Å²) < 4.78 is 5.87. The summed E-state index contributed by atoms with van der Waals surface area (Å²) in [5.74, 6) is 0.579. The highest BCUT2D eigenvalue weighted by Gasteiger charge is 2.14. The summed E-state index contributed by atoms with van der Waals surface area (Å²) in [7, 11) is 0. The van der Waals surface area contributed by atoms with Crippen LogP contribution in [0.2, 0.25) is 0 Å². The molecule has 1 heterocycles. The zero-order chi connectivity index (χ0) is 11.5. The molecule has 2 aromatic rings. The Morgan fingerprint density at radius 3 is 2.69 bits per heavy atom. The van der Waals surface area contributed by atoms with Gasteiger partial charge < -0.3 is 15.4 Å². The average molecular weight is 284 g/mol. The van der Waals surface area contributed by atoms with E-state index in [1.54, 1.807) is 0 Å². The molecule has 0 radical (unpaired) electrons. The Morgan fingerprint density at radius 1 is 1.38 bits per heavy atom. The fourth-order valence-electron chi connectivity index (χ4n) is 1.19. The van der Waals surface area contributed by atoms with Gasteiger partial charge >= 0.3 is 0 Å². The Kier molecular flexibility index (Phi) is 3.33. The largest absolute Gasteiger partial charge is 0.382 e. The minimum Gasteiger partial charge on any atom is -0.382 e. The Bertz CT molecular complexity index is 469. The molecule has 84 valence electrons. The molecule has 0 spiro atoms. The lowest BCUT2D eigenvalue weighted by atomic mass is 10.2. The second kappa shape index (κ2) is 4.73. The highest BCUT2D eigenvalue weighted by molar-refractivity contribution is 9.10. The third-order valence-corrected chi connectivity index (χ3v) is 2.58. The third kappa shape index (κ3) is 2.29. The molecular weight excluding hydrogens is 274 g/mol. The van der Waals surface area contributed by atoms with Crippen LogP contribution in [-0.4, -0.2) is 21.8 Å². The molecule has 0 saturated heterocycles. The summed E-state index contributed by atoms with van der Waals surface area (Å²) in [5, 5.41) is 13.2. The summed E-state index contributed by atoms with van der Waals surface area (Å²) in [6.07, 6.45) is -0.906. The Balaban J connectivity index is 2.28. The number of hydrogen-bond acceptors (Lipinski definition) is 5. The average Bonchev–Trinajstić information content (AvgIpc) is 2.78. The number of aromatic nitrogens is 2. The molecule has 1 aromatic carbocycles. The maximum Gasteiger partial charge on any atom is 0.257 e. The molecule has 16 heavy (non-hydrogen) atoms. The second-order valence-corrected chi connectivity index (χ2v) is 4.13. The predicted octanol–water partition coefficient (Wildman–Crippen LogP) is 1.49. The first-order valence-corrected chi connectivity index (χ1v) is 5.47. The van der Waals surface area contributed by atoms with Crippen molar-refractivity contribution in [1.29, 1.82) is 0 Å². The molecule has 0 aliphatic carbocycles. The zero-order valence-corrected chi connectivity index (χ0v) is 9.89. The van der Waals surface area contributed by atoms with Gasteiger partial charge in [0.1, 0.15) is 6.10 Å². The van der Waals surface area contributed by atoms with Crippen molar-refractivity contribution in [3.05, 3.63) is 34.6 Å². The van der Waals surface area contributed by atoms with Crippen molar-refractivity contribution in [2.24, 2.45) is 5.73 Å². The maximum absolute atomic E-state index is 9.40. The second-order valence-electron chi connectivity index (χ2n) is 3.21. The van der Waals surface area contributed by atoms with Crippen LogP contribution in [0.1, 0.15) is 12.0 Å². The van der Waals surface area contributed by atoms with E-state index in [0.29, 0.717) is 5.82 Å². The van der Waals surface area contributed by atoms with Crippen LogP contribution in [0, 0.1) is 0 Å². The lowest BCUT2D eigenvalue weighted by Crippen LogP contribution is -2.11. The van der Waals surface area contributed by atoms with Gasteiger partial charge in [0.15, 0.2) is 0 Å². The van der Waals surface area contributed by atoms with Gasteiger partial charge in [0.2, 0.25) is 5.82 Å². The minimum atomic E-state index is -0.906. The molecular formula is C10H10BrN3O2. The number of rotatable bonds is 3. The number of aliphatic hydroxyl groups is 1. The predicted molar refractivity (Wildman–Crippen MR) is 61.4 cm³/mol. The van der Waals surface area contributed by atoms with Crippen molar-refractivity contribution in [3.8, 4) is 11.4 Å². The van der Waals surface area contributed by atoms with Crippen LogP contribution >= 0.6 is 15.9 Å². The van der Waals surface area contributed by atoms with Crippen LogP contribution in [0.4, 0.5) is 0 Å². The van der Waals surface area contributed by atoms with Gasteiger partial charge in [-0.05, 0) is 24.3 Å². The third-order valence-electron chi connectivity index (χ3n) is 2.05. The molecule has 0 aliphatic heterocycles. The van der Waals surface area contributed by atoms with Gasteiger partial charge in [0.25, 0.3) is 5.89 Å². The Hall–Kier alpha value is -1.24. The van der Waals surface area contributed by atoms with Crippen molar-refractivity contribution >= 4 is 15.9 Å². The maximum atomic E-state index is 9.40. The molecule has 0 aliphatic rings. The van der Waals surface area contributed by atoms with E-state index in [4.69, 9.17) is 10.3 Å². The van der Waals surface area contributed by atoms with Gasteiger partial charge in [-0.2, -0.15) is 4.98 Å². The van der Waals surface area contributed by atoms with E-state index < -0.39 is 6.10 Å². The molecule has 0 fully saturated rings. The number of aliphatic hydroxyl groups excluding tert-OH is 1. The quantitative estimate of drug-likeness (QED) is 0.892. The molecule has 5 nitrogen and oxygen atoms in total. The van der Waals surface area contributed by atoms with E-state index in [0.717, 1.165) is 10.0 Å². The van der Waals surface area contributed by atoms with Crippen LogP contribution < -0.4 is 5.73 Å². The van der Waals surface area contributed by atoms with E-state index in [2.05, 4.69) is 26.1 Å². The van der Waals surface area contributed by atoms with Gasteiger partial charge in [-0.15, -0.1) is 0 Å². The minimum absolute atomic E-state index is 0.0575. The van der Waals surface area contributed by atoms with E-state index in [-0.39, 0.29) is 12.4 Å². The van der Waals surface area contributed by atoms with Gasteiger partial charge in [-0.25, -0.2) is 0 Å². The number of nitrogens with zero attached hydrogens (tertiary/aromatic N) is 2. The topological polar surface area (TPSA) is 85.2 Å². The van der Waals surface area contributed by atoms with Crippen molar-refractivity contribution in [2.45, 2.75) is 6.10 Å². The molecule has 6 heteroatoms. The van der Waals surface area contributed by atoms with Crippen molar-refractivity contribution < 1.29 is 9.63 Å². The van der Waals surface area contributed by atoms with Gasteiger partial charge in [0, 0.05) is 16.6 Å². The SMILES string of the molecule is NC[C@H](O)c1nc(-c2ccc(Br)cc2)no1. The Morgan fingerprint density at radius 2 is 2.06 bits per heavy atom. The van der Waals surface area contributed by atoms with Gasteiger partial charge in [-0.3, -0.25) is 0 Å². The van der Waals surface area contributed by atoms with Crippen LogP contribution in [0.3, 0.4) is 0 Å². The summed E-state index contributed by atoms with van der Waals surface area (Å²) in [4.78, 5) is 4.06.